The zero-order valence-corrected chi connectivity index (χ0v) is 15.7. The molecule has 0 spiro atoms. The Hall–Kier alpha value is -2.35. The number of hydrazone groups is 1. The van der Waals surface area contributed by atoms with Gasteiger partial charge in [0, 0.05) is 28.8 Å². The van der Waals surface area contributed by atoms with E-state index in [0.29, 0.717) is 40.3 Å². The van der Waals surface area contributed by atoms with Crippen LogP contribution < -0.4 is 10.7 Å². The van der Waals surface area contributed by atoms with Gasteiger partial charge in [-0.05, 0) is 43.2 Å². The highest BCUT2D eigenvalue weighted by atomic mass is 35.5. The Kier molecular flexibility index (Phi) is 6.49. The minimum atomic E-state index is -0.863. The number of benzene rings is 1. The third kappa shape index (κ3) is 5.56. The minimum absolute atomic E-state index is 0.0354. The van der Waals surface area contributed by atoms with Crippen molar-refractivity contribution in [2.75, 3.05) is 13.2 Å². The molecule has 1 saturated heterocycles. The van der Waals surface area contributed by atoms with Gasteiger partial charge in [0.1, 0.15) is 11.5 Å². The number of carbonyl (C=O) groups is 2. The SMILES string of the molecule is O=C(NC[C@H]1CCCO1)C(=O)N/N=C\c1ccc(-c2cc(Cl)cc(Cl)c2)o1. The number of nitrogens with one attached hydrogen (secondary N) is 2. The number of amides is 2. The lowest BCUT2D eigenvalue weighted by Gasteiger charge is -2.09. The maximum Gasteiger partial charge on any atom is 0.329 e. The summed E-state index contributed by atoms with van der Waals surface area (Å²) in [6, 6.07) is 8.44. The van der Waals surface area contributed by atoms with Crippen LogP contribution in [0.3, 0.4) is 0 Å². The summed E-state index contributed by atoms with van der Waals surface area (Å²) >= 11 is 12.0. The van der Waals surface area contributed by atoms with Crippen LogP contribution in [0.2, 0.25) is 10.0 Å². The molecule has 7 nitrogen and oxygen atoms in total. The molecule has 1 fully saturated rings. The standard InChI is InChI=1S/C18H17Cl2N3O4/c19-12-6-11(7-13(20)8-12)16-4-3-15(27-16)10-22-23-18(25)17(24)21-9-14-2-1-5-26-14/h3-4,6-8,10,14H,1-2,5,9H2,(H,21,24)(H,23,25)/b22-10-/t14-/m1/s1. The van der Waals surface area contributed by atoms with Gasteiger partial charge in [0.15, 0.2) is 0 Å². The number of ether oxygens (including phenoxy) is 1. The van der Waals surface area contributed by atoms with Crippen molar-refractivity contribution in [3.8, 4) is 11.3 Å². The number of nitrogens with zero attached hydrogens (tertiary/aromatic N) is 1. The third-order valence-electron chi connectivity index (χ3n) is 3.85. The highest BCUT2D eigenvalue weighted by Gasteiger charge is 2.19. The van der Waals surface area contributed by atoms with E-state index in [1.165, 1.54) is 6.21 Å². The van der Waals surface area contributed by atoms with Gasteiger partial charge in [-0.15, -0.1) is 0 Å². The van der Waals surface area contributed by atoms with Gasteiger partial charge < -0.3 is 14.5 Å². The van der Waals surface area contributed by atoms with E-state index >= 15 is 0 Å². The van der Waals surface area contributed by atoms with Crippen molar-refractivity contribution in [1.82, 2.24) is 10.7 Å². The zero-order valence-electron chi connectivity index (χ0n) is 14.2. The molecule has 3 rings (SSSR count). The molecule has 2 heterocycles. The molecule has 0 aliphatic carbocycles. The Morgan fingerprint density at radius 3 is 2.67 bits per heavy atom. The molecule has 27 heavy (non-hydrogen) atoms. The summed E-state index contributed by atoms with van der Waals surface area (Å²) in [5.74, 6) is -0.698. The fourth-order valence-corrected chi connectivity index (χ4v) is 3.10. The van der Waals surface area contributed by atoms with Crippen molar-refractivity contribution in [1.29, 1.82) is 0 Å². The minimum Gasteiger partial charge on any atom is -0.455 e. The molecule has 1 aromatic heterocycles. The average molecular weight is 410 g/mol. The van der Waals surface area contributed by atoms with Crippen molar-refractivity contribution in [3.05, 3.63) is 46.1 Å². The average Bonchev–Trinajstić information content (AvgIpc) is 3.30. The fourth-order valence-electron chi connectivity index (χ4n) is 2.57. The van der Waals surface area contributed by atoms with Gasteiger partial charge in [-0.2, -0.15) is 5.10 Å². The molecule has 0 radical (unpaired) electrons. The summed E-state index contributed by atoms with van der Waals surface area (Å²) in [5, 5.41) is 7.22. The van der Waals surface area contributed by atoms with E-state index in [-0.39, 0.29) is 6.10 Å². The zero-order chi connectivity index (χ0) is 19.2. The second-order valence-corrected chi connectivity index (χ2v) is 6.78. The van der Waals surface area contributed by atoms with Crippen molar-refractivity contribution >= 4 is 41.2 Å². The van der Waals surface area contributed by atoms with E-state index in [4.69, 9.17) is 32.4 Å². The van der Waals surface area contributed by atoms with Crippen LogP contribution in [-0.4, -0.2) is 37.3 Å². The molecule has 142 valence electrons. The van der Waals surface area contributed by atoms with E-state index in [1.54, 1.807) is 30.3 Å². The molecular formula is C18H17Cl2N3O4. The van der Waals surface area contributed by atoms with E-state index in [1.807, 2.05) is 0 Å². The van der Waals surface area contributed by atoms with Gasteiger partial charge in [0.2, 0.25) is 0 Å². The molecule has 0 bridgehead atoms. The highest BCUT2D eigenvalue weighted by molar-refractivity contribution is 6.35. The highest BCUT2D eigenvalue weighted by Crippen LogP contribution is 2.28. The van der Waals surface area contributed by atoms with Crippen LogP contribution in [0, 0.1) is 0 Å². The second kappa shape index (κ2) is 9.03. The van der Waals surface area contributed by atoms with Gasteiger partial charge in [0.05, 0.1) is 12.3 Å². The maximum atomic E-state index is 11.7. The Morgan fingerprint density at radius 2 is 1.96 bits per heavy atom. The Morgan fingerprint density at radius 1 is 1.19 bits per heavy atom. The molecule has 2 amide bonds. The number of carbonyl (C=O) groups excluding carboxylic acids is 2. The van der Waals surface area contributed by atoms with Crippen molar-refractivity contribution in [2.45, 2.75) is 18.9 Å². The molecule has 2 aromatic rings. The van der Waals surface area contributed by atoms with Crippen LogP contribution in [0.15, 0.2) is 39.9 Å². The van der Waals surface area contributed by atoms with E-state index in [0.717, 1.165) is 12.8 Å². The number of rotatable bonds is 5. The first-order valence-corrected chi connectivity index (χ1v) is 9.06. The van der Waals surface area contributed by atoms with Crippen LogP contribution in [0.1, 0.15) is 18.6 Å². The van der Waals surface area contributed by atoms with Crippen molar-refractivity contribution < 1.29 is 18.7 Å². The first-order chi connectivity index (χ1) is 13.0. The summed E-state index contributed by atoms with van der Waals surface area (Å²) in [4.78, 5) is 23.4. The largest absolute Gasteiger partial charge is 0.455 e. The Bertz CT molecular complexity index is 840. The Balaban J connectivity index is 1.51. The Labute approximate surface area is 165 Å². The quantitative estimate of drug-likeness (QED) is 0.450. The van der Waals surface area contributed by atoms with Crippen LogP contribution >= 0.6 is 23.2 Å². The number of halogens is 2. The molecule has 1 atom stereocenters. The van der Waals surface area contributed by atoms with Crippen molar-refractivity contribution in [2.24, 2.45) is 5.10 Å². The monoisotopic (exact) mass is 409 g/mol. The predicted octanol–water partition coefficient (Wildman–Crippen LogP) is 3.00. The van der Waals surface area contributed by atoms with E-state index in [9.17, 15) is 9.59 Å². The van der Waals surface area contributed by atoms with Gasteiger partial charge >= 0.3 is 11.8 Å². The maximum absolute atomic E-state index is 11.7. The summed E-state index contributed by atoms with van der Waals surface area (Å²) in [7, 11) is 0. The number of furan rings is 1. The van der Waals surface area contributed by atoms with Gasteiger partial charge in [-0.25, -0.2) is 5.43 Å². The van der Waals surface area contributed by atoms with Crippen molar-refractivity contribution in [3.63, 3.8) is 0 Å². The van der Waals surface area contributed by atoms with Gasteiger partial charge in [-0.1, -0.05) is 23.2 Å². The molecule has 0 unspecified atom stereocenters. The summed E-state index contributed by atoms with van der Waals surface area (Å²) in [6.07, 6.45) is 3.09. The number of hydrogen-bond donors (Lipinski definition) is 2. The van der Waals surface area contributed by atoms with Crippen LogP contribution in [0.5, 0.6) is 0 Å². The van der Waals surface area contributed by atoms with E-state index < -0.39 is 11.8 Å². The van der Waals surface area contributed by atoms with Crippen LogP contribution in [0.4, 0.5) is 0 Å². The van der Waals surface area contributed by atoms with E-state index in [2.05, 4.69) is 15.8 Å². The lowest BCUT2D eigenvalue weighted by atomic mass is 10.2. The number of hydrogen-bond acceptors (Lipinski definition) is 5. The van der Waals surface area contributed by atoms with Gasteiger partial charge in [-0.3, -0.25) is 9.59 Å². The third-order valence-corrected chi connectivity index (χ3v) is 4.29. The smallest absolute Gasteiger partial charge is 0.329 e. The molecular weight excluding hydrogens is 393 g/mol. The van der Waals surface area contributed by atoms with Gasteiger partial charge in [0.25, 0.3) is 0 Å². The molecule has 9 heteroatoms. The molecule has 1 aliphatic rings. The summed E-state index contributed by atoms with van der Waals surface area (Å²) < 4.78 is 11.0. The molecule has 2 N–H and O–H groups in total. The predicted molar refractivity (Wildman–Crippen MR) is 102 cm³/mol. The van der Waals surface area contributed by atoms with Crippen LogP contribution in [0.25, 0.3) is 11.3 Å². The normalized spacial score (nSPS) is 16.6. The molecule has 1 aromatic carbocycles. The molecule has 1 aliphatic heterocycles. The summed E-state index contributed by atoms with van der Waals surface area (Å²) in [6.45, 7) is 0.989. The first-order valence-electron chi connectivity index (χ1n) is 8.30. The lowest BCUT2D eigenvalue weighted by molar-refractivity contribution is -0.139. The fraction of sp³-hybridized carbons (Fsp3) is 0.278. The topological polar surface area (TPSA) is 92.9 Å². The first kappa shape index (κ1) is 19.4. The molecule has 0 saturated carbocycles. The van der Waals surface area contributed by atoms with Crippen LogP contribution in [-0.2, 0) is 14.3 Å². The second-order valence-electron chi connectivity index (χ2n) is 5.90. The summed E-state index contributed by atoms with van der Waals surface area (Å²) in [5.41, 5.74) is 2.86. The lowest BCUT2D eigenvalue weighted by Crippen LogP contribution is -2.41.